The Morgan fingerprint density at radius 2 is 1.95 bits per heavy atom. The normalized spacial score (nSPS) is 10.9. The summed E-state index contributed by atoms with van der Waals surface area (Å²) in [6.45, 7) is 2.63. The van der Waals surface area contributed by atoms with Gasteiger partial charge in [0.15, 0.2) is 6.61 Å². The summed E-state index contributed by atoms with van der Waals surface area (Å²) in [5.41, 5.74) is -1.29. The van der Waals surface area contributed by atoms with Crippen molar-refractivity contribution in [3.05, 3.63) is 29.3 Å². The first-order valence-corrected chi connectivity index (χ1v) is 6.02. The van der Waals surface area contributed by atoms with Crippen molar-refractivity contribution in [3.63, 3.8) is 0 Å². The van der Waals surface area contributed by atoms with Gasteiger partial charge in [-0.25, -0.2) is 4.79 Å². The van der Waals surface area contributed by atoms with Crippen LogP contribution in [0.2, 0.25) is 5.02 Å². The van der Waals surface area contributed by atoms with Gasteiger partial charge in [0.05, 0.1) is 5.02 Å². The first-order chi connectivity index (χ1) is 8.76. The molecule has 0 spiro atoms. The molecular formula is C13H16ClNO4. The van der Waals surface area contributed by atoms with Gasteiger partial charge in [0.25, 0.3) is 5.91 Å². The number of likely N-dealkylation sites (N-methyl/N-ethyl adjacent to an activating group) is 1. The van der Waals surface area contributed by atoms with E-state index in [-0.39, 0.29) is 6.61 Å². The molecule has 0 aromatic heterocycles. The second kappa shape index (κ2) is 5.93. The number of ether oxygens (including phenoxy) is 1. The third kappa shape index (κ3) is 3.61. The number of hydrogen-bond acceptors (Lipinski definition) is 3. The number of nitrogens with zero attached hydrogens (tertiary/aromatic N) is 1. The van der Waals surface area contributed by atoms with E-state index in [0.29, 0.717) is 10.8 Å². The standard InChI is InChI=1S/C13H16ClNO4/c1-13(2,12(17)18)15(3)11(16)8-19-10-7-5-4-6-9(10)14/h4-7H,8H2,1-3H3,(H,17,18). The van der Waals surface area contributed by atoms with Crippen molar-refractivity contribution < 1.29 is 19.4 Å². The minimum atomic E-state index is -1.29. The Hall–Kier alpha value is -1.75. The number of amides is 1. The second-order valence-electron chi connectivity index (χ2n) is 4.54. The Labute approximate surface area is 116 Å². The van der Waals surface area contributed by atoms with Gasteiger partial charge >= 0.3 is 5.97 Å². The summed E-state index contributed by atoms with van der Waals surface area (Å²) < 4.78 is 5.28. The number of halogens is 1. The molecule has 0 aliphatic heterocycles. The van der Waals surface area contributed by atoms with E-state index in [1.165, 1.54) is 20.9 Å². The zero-order valence-corrected chi connectivity index (χ0v) is 11.8. The van der Waals surface area contributed by atoms with Gasteiger partial charge in [-0.2, -0.15) is 0 Å². The summed E-state index contributed by atoms with van der Waals surface area (Å²) in [6.07, 6.45) is 0. The number of hydrogen-bond donors (Lipinski definition) is 1. The monoisotopic (exact) mass is 285 g/mol. The van der Waals surface area contributed by atoms with Gasteiger partial charge in [-0.15, -0.1) is 0 Å². The smallest absolute Gasteiger partial charge is 0.329 e. The lowest BCUT2D eigenvalue weighted by atomic mass is 10.0. The Kier molecular flexibility index (Phi) is 4.78. The fourth-order valence-corrected chi connectivity index (χ4v) is 1.44. The number of aliphatic carboxylic acids is 1. The van der Waals surface area contributed by atoms with E-state index < -0.39 is 17.4 Å². The quantitative estimate of drug-likeness (QED) is 0.899. The molecule has 1 rings (SSSR count). The summed E-state index contributed by atoms with van der Waals surface area (Å²) in [5, 5.41) is 9.43. The van der Waals surface area contributed by atoms with E-state index >= 15 is 0 Å². The third-order valence-electron chi connectivity index (χ3n) is 2.92. The average Bonchev–Trinajstić information content (AvgIpc) is 2.36. The predicted octanol–water partition coefficient (Wildman–Crippen LogP) is 2.04. The molecule has 0 saturated carbocycles. The summed E-state index contributed by atoms with van der Waals surface area (Å²) in [4.78, 5) is 24.0. The summed E-state index contributed by atoms with van der Waals surface area (Å²) >= 11 is 5.88. The molecule has 5 nitrogen and oxygen atoms in total. The van der Waals surface area contributed by atoms with Gasteiger partial charge in [-0.1, -0.05) is 23.7 Å². The molecule has 0 radical (unpaired) electrons. The fourth-order valence-electron chi connectivity index (χ4n) is 1.25. The van der Waals surface area contributed by atoms with Gasteiger partial charge in [0.1, 0.15) is 11.3 Å². The van der Waals surface area contributed by atoms with Gasteiger partial charge in [0.2, 0.25) is 0 Å². The van der Waals surface area contributed by atoms with Crippen LogP contribution in [0.4, 0.5) is 0 Å². The number of benzene rings is 1. The number of carboxylic acid groups (broad SMARTS) is 1. The van der Waals surface area contributed by atoms with Crippen LogP contribution in [0.1, 0.15) is 13.8 Å². The van der Waals surface area contributed by atoms with Gasteiger partial charge in [-0.3, -0.25) is 4.79 Å². The van der Waals surface area contributed by atoms with Gasteiger partial charge in [0, 0.05) is 7.05 Å². The molecule has 0 heterocycles. The molecule has 6 heteroatoms. The largest absolute Gasteiger partial charge is 0.482 e. The van der Waals surface area contributed by atoms with Crippen LogP contribution in [-0.4, -0.2) is 41.1 Å². The first-order valence-electron chi connectivity index (χ1n) is 5.64. The number of para-hydroxylation sites is 1. The summed E-state index contributed by atoms with van der Waals surface area (Å²) in [6, 6.07) is 6.76. The van der Waals surface area contributed by atoms with E-state index in [2.05, 4.69) is 0 Å². The van der Waals surface area contributed by atoms with Crippen LogP contribution >= 0.6 is 11.6 Å². The van der Waals surface area contributed by atoms with E-state index in [9.17, 15) is 9.59 Å². The van der Waals surface area contributed by atoms with Crippen LogP contribution < -0.4 is 4.74 Å². The van der Waals surface area contributed by atoms with Crippen LogP contribution in [0.3, 0.4) is 0 Å². The van der Waals surface area contributed by atoms with Crippen molar-refractivity contribution in [2.75, 3.05) is 13.7 Å². The molecule has 0 unspecified atom stereocenters. The molecule has 0 saturated heterocycles. The summed E-state index contributed by atoms with van der Waals surface area (Å²) in [5.74, 6) is -1.13. The second-order valence-corrected chi connectivity index (χ2v) is 4.94. The highest BCUT2D eigenvalue weighted by Gasteiger charge is 2.35. The molecule has 0 atom stereocenters. The molecule has 1 amide bonds. The third-order valence-corrected chi connectivity index (χ3v) is 3.24. The van der Waals surface area contributed by atoms with Crippen LogP contribution in [0.25, 0.3) is 0 Å². The molecule has 104 valence electrons. The maximum Gasteiger partial charge on any atom is 0.329 e. The lowest BCUT2D eigenvalue weighted by Crippen LogP contribution is -2.52. The minimum Gasteiger partial charge on any atom is -0.482 e. The zero-order chi connectivity index (χ0) is 14.6. The predicted molar refractivity (Wildman–Crippen MR) is 71.4 cm³/mol. The number of carboxylic acids is 1. The molecule has 1 aromatic rings. The van der Waals surface area contributed by atoms with Crippen LogP contribution in [0, 0.1) is 0 Å². The SMILES string of the molecule is CN(C(=O)COc1ccccc1Cl)C(C)(C)C(=O)O. The molecule has 0 bridgehead atoms. The molecule has 0 aliphatic rings. The Morgan fingerprint density at radius 3 is 2.47 bits per heavy atom. The molecule has 0 aliphatic carbocycles. The molecule has 1 aromatic carbocycles. The van der Waals surface area contributed by atoms with Crippen LogP contribution in [0.5, 0.6) is 5.75 Å². The lowest BCUT2D eigenvalue weighted by molar-refractivity contribution is -0.156. The van der Waals surface area contributed by atoms with Crippen molar-refractivity contribution in [3.8, 4) is 5.75 Å². The average molecular weight is 286 g/mol. The highest BCUT2D eigenvalue weighted by molar-refractivity contribution is 6.32. The van der Waals surface area contributed by atoms with Crippen LogP contribution in [0.15, 0.2) is 24.3 Å². The number of carbonyl (C=O) groups is 2. The zero-order valence-electron chi connectivity index (χ0n) is 11.0. The van der Waals surface area contributed by atoms with E-state index in [1.807, 2.05) is 0 Å². The van der Waals surface area contributed by atoms with Gasteiger partial charge < -0.3 is 14.7 Å². The first kappa shape index (κ1) is 15.3. The number of rotatable bonds is 5. The van der Waals surface area contributed by atoms with Crippen LogP contribution in [-0.2, 0) is 9.59 Å². The summed E-state index contributed by atoms with van der Waals surface area (Å²) in [7, 11) is 1.42. The van der Waals surface area contributed by atoms with E-state index in [1.54, 1.807) is 24.3 Å². The topological polar surface area (TPSA) is 66.8 Å². The molecule has 1 N–H and O–H groups in total. The Morgan fingerprint density at radius 1 is 1.37 bits per heavy atom. The Balaban J connectivity index is 2.66. The van der Waals surface area contributed by atoms with Crippen molar-refractivity contribution in [2.45, 2.75) is 19.4 Å². The van der Waals surface area contributed by atoms with E-state index in [4.69, 9.17) is 21.4 Å². The highest BCUT2D eigenvalue weighted by atomic mass is 35.5. The number of carbonyl (C=O) groups excluding carboxylic acids is 1. The van der Waals surface area contributed by atoms with Crippen molar-refractivity contribution in [2.24, 2.45) is 0 Å². The molecular weight excluding hydrogens is 270 g/mol. The van der Waals surface area contributed by atoms with E-state index in [0.717, 1.165) is 4.90 Å². The molecule has 19 heavy (non-hydrogen) atoms. The van der Waals surface area contributed by atoms with Crippen molar-refractivity contribution in [1.82, 2.24) is 4.90 Å². The van der Waals surface area contributed by atoms with Crippen molar-refractivity contribution in [1.29, 1.82) is 0 Å². The maximum atomic E-state index is 11.9. The minimum absolute atomic E-state index is 0.267. The Bertz CT molecular complexity index is 487. The van der Waals surface area contributed by atoms with Gasteiger partial charge in [-0.05, 0) is 26.0 Å². The molecule has 0 fully saturated rings. The van der Waals surface area contributed by atoms with Crippen molar-refractivity contribution >= 4 is 23.5 Å². The highest BCUT2D eigenvalue weighted by Crippen LogP contribution is 2.23. The maximum absolute atomic E-state index is 11.9. The fraction of sp³-hybridized carbons (Fsp3) is 0.385. The lowest BCUT2D eigenvalue weighted by Gasteiger charge is -2.31.